The van der Waals surface area contributed by atoms with Crippen LogP contribution in [0.3, 0.4) is 0 Å². The Kier molecular flexibility index (Phi) is 5.71. The summed E-state index contributed by atoms with van der Waals surface area (Å²) in [5.41, 5.74) is 1.73. The molecule has 0 saturated heterocycles. The number of aliphatic hydroxyl groups is 2. The van der Waals surface area contributed by atoms with Gasteiger partial charge >= 0.3 is 0 Å². The molecule has 0 heterocycles. The number of carbonyl (C=O) groups is 1. The number of hydrogen-bond acceptors (Lipinski definition) is 3. The largest absolute Gasteiger partial charge is 0.388 e. The van der Waals surface area contributed by atoms with Gasteiger partial charge in [-0.1, -0.05) is 29.8 Å². The van der Waals surface area contributed by atoms with Gasteiger partial charge in [0, 0.05) is 17.1 Å². The Morgan fingerprint density at radius 1 is 1.22 bits per heavy atom. The van der Waals surface area contributed by atoms with E-state index in [0.717, 1.165) is 5.56 Å². The number of carbonyl (C=O) groups excluding carboxylic acids is 1. The minimum atomic E-state index is -1.41. The molecule has 0 aliphatic rings. The molecule has 0 aromatic heterocycles. The minimum Gasteiger partial charge on any atom is -0.388 e. The average molecular weight is 338 g/mol. The second kappa shape index (κ2) is 7.55. The van der Waals surface area contributed by atoms with Crippen LogP contribution in [-0.4, -0.2) is 22.2 Å². The topological polar surface area (TPSA) is 69.6 Å². The van der Waals surface area contributed by atoms with Crippen molar-refractivity contribution in [2.75, 3.05) is 5.32 Å². The molecular formula is C17H17ClFNO3. The number of benzene rings is 2. The van der Waals surface area contributed by atoms with Gasteiger partial charge in [0.25, 0.3) is 5.91 Å². The maximum absolute atomic E-state index is 12.8. The molecule has 2 aromatic rings. The van der Waals surface area contributed by atoms with Crippen molar-refractivity contribution >= 4 is 23.2 Å². The van der Waals surface area contributed by atoms with Gasteiger partial charge < -0.3 is 15.5 Å². The minimum absolute atomic E-state index is 0.197. The first-order valence-corrected chi connectivity index (χ1v) is 7.43. The number of aliphatic hydroxyl groups excluding tert-OH is 2. The van der Waals surface area contributed by atoms with E-state index in [4.69, 9.17) is 11.6 Å². The number of anilines is 1. The summed E-state index contributed by atoms with van der Waals surface area (Å²) in [4.78, 5) is 12.0. The van der Waals surface area contributed by atoms with Crippen LogP contribution in [-0.2, 0) is 4.79 Å². The van der Waals surface area contributed by atoms with Gasteiger partial charge in [-0.05, 0) is 42.3 Å². The van der Waals surface area contributed by atoms with E-state index in [9.17, 15) is 19.4 Å². The average Bonchev–Trinajstić information content (AvgIpc) is 2.51. The number of amides is 1. The van der Waals surface area contributed by atoms with Gasteiger partial charge in [-0.25, -0.2) is 4.39 Å². The van der Waals surface area contributed by atoms with Crippen molar-refractivity contribution in [2.45, 2.75) is 25.6 Å². The van der Waals surface area contributed by atoms with Gasteiger partial charge in [0.05, 0.1) is 6.10 Å². The highest BCUT2D eigenvalue weighted by Crippen LogP contribution is 2.22. The molecule has 0 unspecified atom stereocenters. The number of nitrogens with one attached hydrogen (secondary N) is 1. The first kappa shape index (κ1) is 17.4. The van der Waals surface area contributed by atoms with Crippen LogP contribution in [0.25, 0.3) is 0 Å². The van der Waals surface area contributed by atoms with Gasteiger partial charge in [0.2, 0.25) is 0 Å². The molecule has 122 valence electrons. The van der Waals surface area contributed by atoms with Crippen LogP contribution in [0, 0.1) is 12.7 Å². The predicted molar refractivity (Wildman–Crippen MR) is 86.8 cm³/mol. The van der Waals surface area contributed by atoms with Crippen molar-refractivity contribution in [3.63, 3.8) is 0 Å². The van der Waals surface area contributed by atoms with E-state index in [2.05, 4.69) is 5.32 Å². The molecule has 6 heteroatoms. The molecule has 2 rings (SSSR count). The lowest BCUT2D eigenvalue weighted by Crippen LogP contribution is -2.29. The molecule has 0 radical (unpaired) electrons. The fourth-order valence-electron chi connectivity index (χ4n) is 2.08. The number of rotatable bonds is 5. The van der Waals surface area contributed by atoms with Crippen molar-refractivity contribution < 1.29 is 19.4 Å². The SMILES string of the molecule is Cc1ccc(Cl)cc1NC(=O)[C@H](O)C[C@H](O)c1ccc(F)cc1. The molecule has 23 heavy (non-hydrogen) atoms. The Bertz CT molecular complexity index is 691. The first-order valence-electron chi connectivity index (χ1n) is 7.05. The fourth-order valence-corrected chi connectivity index (χ4v) is 2.26. The fraction of sp³-hybridized carbons (Fsp3) is 0.235. The Hall–Kier alpha value is -1.95. The summed E-state index contributed by atoms with van der Waals surface area (Å²) in [6.45, 7) is 1.80. The lowest BCUT2D eigenvalue weighted by Gasteiger charge is -2.17. The van der Waals surface area contributed by atoms with Crippen molar-refractivity contribution in [1.29, 1.82) is 0 Å². The zero-order chi connectivity index (χ0) is 17.0. The highest BCUT2D eigenvalue weighted by atomic mass is 35.5. The van der Waals surface area contributed by atoms with Crippen molar-refractivity contribution in [3.8, 4) is 0 Å². The van der Waals surface area contributed by atoms with Crippen LogP contribution >= 0.6 is 11.6 Å². The number of halogens is 2. The predicted octanol–water partition coefficient (Wildman–Crippen LogP) is 3.21. The van der Waals surface area contributed by atoms with E-state index in [1.165, 1.54) is 24.3 Å². The van der Waals surface area contributed by atoms with Crippen molar-refractivity contribution in [2.24, 2.45) is 0 Å². The van der Waals surface area contributed by atoms with Crippen LogP contribution in [0.5, 0.6) is 0 Å². The van der Waals surface area contributed by atoms with E-state index in [-0.39, 0.29) is 6.42 Å². The molecule has 2 aromatic carbocycles. The molecule has 0 saturated carbocycles. The van der Waals surface area contributed by atoms with Crippen LogP contribution in [0.4, 0.5) is 10.1 Å². The normalized spacial score (nSPS) is 13.4. The molecule has 0 bridgehead atoms. The maximum Gasteiger partial charge on any atom is 0.253 e. The smallest absolute Gasteiger partial charge is 0.253 e. The van der Waals surface area contributed by atoms with Crippen LogP contribution < -0.4 is 5.32 Å². The van der Waals surface area contributed by atoms with E-state index in [1.54, 1.807) is 25.1 Å². The van der Waals surface area contributed by atoms with Gasteiger partial charge in [0.15, 0.2) is 0 Å². The summed E-state index contributed by atoms with van der Waals surface area (Å²) in [6, 6.07) is 10.3. The quantitative estimate of drug-likeness (QED) is 0.784. The summed E-state index contributed by atoms with van der Waals surface area (Å²) in [5.74, 6) is -1.06. The Morgan fingerprint density at radius 3 is 2.52 bits per heavy atom. The Labute approximate surface area is 138 Å². The molecule has 2 atom stereocenters. The Balaban J connectivity index is 1.99. The van der Waals surface area contributed by atoms with Crippen molar-refractivity contribution in [1.82, 2.24) is 0 Å². The third-order valence-electron chi connectivity index (χ3n) is 3.46. The highest BCUT2D eigenvalue weighted by Gasteiger charge is 2.21. The van der Waals surface area contributed by atoms with Gasteiger partial charge in [-0.3, -0.25) is 4.79 Å². The molecule has 0 spiro atoms. The molecule has 1 amide bonds. The second-order valence-corrected chi connectivity index (χ2v) is 5.70. The van der Waals surface area contributed by atoms with E-state index >= 15 is 0 Å². The van der Waals surface area contributed by atoms with E-state index < -0.39 is 23.9 Å². The third-order valence-corrected chi connectivity index (χ3v) is 3.70. The summed E-state index contributed by atoms with van der Waals surface area (Å²) < 4.78 is 12.8. The zero-order valence-corrected chi connectivity index (χ0v) is 13.2. The summed E-state index contributed by atoms with van der Waals surface area (Å²) >= 11 is 5.87. The molecule has 0 aliphatic carbocycles. The van der Waals surface area contributed by atoms with E-state index in [0.29, 0.717) is 16.3 Å². The lowest BCUT2D eigenvalue weighted by molar-refractivity contribution is -0.125. The number of hydrogen-bond donors (Lipinski definition) is 3. The maximum atomic E-state index is 12.8. The molecule has 4 nitrogen and oxygen atoms in total. The lowest BCUT2D eigenvalue weighted by atomic mass is 10.0. The van der Waals surface area contributed by atoms with Crippen LogP contribution in [0.2, 0.25) is 5.02 Å². The van der Waals surface area contributed by atoms with E-state index in [1.807, 2.05) is 0 Å². The van der Waals surface area contributed by atoms with Crippen LogP contribution in [0.15, 0.2) is 42.5 Å². The Morgan fingerprint density at radius 2 is 1.87 bits per heavy atom. The second-order valence-electron chi connectivity index (χ2n) is 5.27. The first-order chi connectivity index (χ1) is 10.9. The van der Waals surface area contributed by atoms with Gasteiger partial charge in [-0.2, -0.15) is 0 Å². The molecule has 3 N–H and O–H groups in total. The monoisotopic (exact) mass is 337 g/mol. The molecular weight excluding hydrogens is 321 g/mol. The summed E-state index contributed by atoms with van der Waals surface area (Å²) in [7, 11) is 0. The third kappa shape index (κ3) is 4.76. The summed E-state index contributed by atoms with van der Waals surface area (Å²) in [5, 5.41) is 23.0. The summed E-state index contributed by atoms with van der Waals surface area (Å²) in [6.07, 6.45) is -2.68. The van der Waals surface area contributed by atoms with Crippen LogP contribution in [0.1, 0.15) is 23.7 Å². The number of aryl methyl sites for hydroxylation is 1. The standard InChI is InChI=1S/C17H17ClFNO3/c1-10-2-5-12(18)8-14(10)20-17(23)16(22)9-15(21)11-3-6-13(19)7-4-11/h2-8,15-16,21-22H,9H2,1H3,(H,20,23)/t15-,16+/m0/s1. The molecule has 0 fully saturated rings. The molecule has 0 aliphatic heterocycles. The van der Waals surface area contributed by atoms with Gasteiger partial charge in [-0.15, -0.1) is 0 Å². The van der Waals surface area contributed by atoms with Crippen molar-refractivity contribution in [3.05, 3.63) is 64.4 Å². The van der Waals surface area contributed by atoms with Gasteiger partial charge in [0.1, 0.15) is 11.9 Å². The zero-order valence-electron chi connectivity index (χ0n) is 12.5. The highest BCUT2D eigenvalue weighted by molar-refractivity contribution is 6.31.